The molecule has 0 fully saturated rings. The molecule has 0 saturated heterocycles. The minimum Gasteiger partial charge on any atom is -0.457 e. The first-order valence-electron chi connectivity index (χ1n) is 17.3. The van der Waals surface area contributed by atoms with Gasteiger partial charge >= 0.3 is 26.0 Å². The average Bonchev–Trinajstić information content (AvgIpc) is 3.77. The van der Waals surface area contributed by atoms with E-state index in [1.807, 2.05) is 55.5 Å². The molecule has 15 nitrogen and oxygen atoms in total. The Morgan fingerprint density at radius 1 is 0.857 bits per heavy atom. The largest absolute Gasteiger partial charge is 0.469 e. The van der Waals surface area contributed by atoms with Crippen LogP contribution in [0.25, 0.3) is 21.9 Å². The standard InChI is InChI=1S/C40H38N3O12P/c1-26(28-10-4-3-5-11-28)41-37(45)40(2,42-38(46)51-24-32-20-30-12-6-9-15-35(30)55-32)21-31-22-43(34-14-8-7-13-33(31)34)39(47)53-25-52-36(44)29-18-16-27(17-19-29)23-54-56(48,49)50/h3-20,22,26H,21,23-25H2,1-2H3,(H,41,45)(H,42,46)(H2,48,49,50). The van der Waals surface area contributed by atoms with Crippen molar-refractivity contribution in [3.8, 4) is 0 Å². The van der Waals surface area contributed by atoms with Gasteiger partial charge in [0.05, 0.1) is 23.7 Å². The number of nitrogens with zero attached hydrogens (tertiary/aromatic N) is 1. The summed E-state index contributed by atoms with van der Waals surface area (Å²) in [6, 6.07) is 30.5. The van der Waals surface area contributed by atoms with E-state index in [9.17, 15) is 23.7 Å². The number of benzene rings is 4. The number of furan rings is 1. The SMILES string of the molecule is CC(NC(=O)C(C)(Cc1cn(C(=O)OCOC(=O)c2ccc(COP(=O)(O)O)cc2)c2ccccc12)NC(=O)OCc1cc2ccccc2o1)c1ccccc1. The number of amides is 2. The van der Waals surface area contributed by atoms with Gasteiger partial charge in [0, 0.05) is 23.4 Å². The lowest BCUT2D eigenvalue weighted by Gasteiger charge is -2.30. The third-order valence-corrected chi connectivity index (χ3v) is 9.31. The maximum absolute atomic E-state index is 14.1. The van der Waals surface area contributed by atoms with Crippen LogP contribution in [0.15, 0.2) is 120 Å². The molecule has 290 valence electrons. The van der Waals surface area contributed by atoms with Gasteiger partial charge in [-0.15, -0.1) is 0 Å². The molecule has 0 aliphatic carbocycles. The summed E-state index contributed by atoms with van der Waals surface area (Å²) in [5.41, 5.74) is 1.33. The molecule has 4 N–H and O–H groups in total. The van der Waals surface area contributed by atoms with E-state index in [0.717, 1.165) is 10.9 Å². The Balaban J connectivity index is 1.16. The molecule has 6 aromatic rings. The van der Waals surface area contributed by atoms with Crippen LogP contribution < -0.4 is 10.6 Å². The molecule has 6 rings (SSSR count). The van der Waals surface area contributed by atoms with E-state index in [1.54, 1.807) is 43.3 Å². The third kappa shape index (κ3) is 9.88. The lowest BCUT2D eigenvalue weighted by atomic mass is 9.91. The van der Waals surface area contributed by atoms with Crippen molar-refractivity contribution >= 4 is 53.8 Å². The summed E-state index contributed by atoms with van der Waals surface area (Å²) in [4.78, 5) is 71.1. The minimum atomic E-state index is -4.66. The van der Waals surface area contributed by atoms with Gasteiger partial charge in [0.2, 0.25) is 12.7 Å². The Labute approximate surface area is 320 Å². The molecule has 0 aliphatic rings. The molecule has 2 unspecified atom stereocenters. The summed E-state index contributed by atoms with van der Waals surface area (Å²) in [6.45, 7) is 2.09. The molecule has 16 heteroatoms. The minimum absolute atomic E-state index is 0.0783. The third-order valence-electron chi connectivity index (χ3n) is 8.84. The number of para-hydroxylation sites is 2. The van der Waals surface area contributed by atoms with Crippen LogP contribution in [0.4, 0.5) is 9.59 Å². The monoisotopic (exact) mass is 783 g/mol. The second-order valence-electron chi connectivity index (χ2n) is 13.0. The highest BCUT2D eigenvalue weighted by Crippen LogP contribution is 2.37. The van der Waals surface area contributed by atoms with Gasteiger partial charge in [0.25, 0.3) is 0 Å². The molecule has 56 heavy (non-hydrogen) atoms. The molecule has 4 aromatic carbocycles. The van der Waals surface area contributed by atoms with Crippen molar-refractivity contribution < 1.29 is 56.7 Å². The highest BCUT2D eigenvalue weighted by Gasteiger charge is 2.38. The van der Waals surface area contributed by atoms with Crippen molar-refractivity contribution in [2.45, 2.75) is 45.1 Å². The number of fused-ring (bicyclic) bond motifs is 2. The summed E-state index contributed by atoms with van der Waals surface area (Å²) < 4.78 is 38.3. The number of hydrogen-bond acceptors (Lipinski definition) is 10. The van der Waals surface area contributed by atoms with Gasteiger partial charge in [-0.3, -0.25) is 13.9 Å². The smallest absolute Gasteiger partial charge is 0.457 e. The summed E-state index contributed by atoms with van der Waals surface area (Å²) >= 11 is 0. The molecule has 0 saturated carbocycles. The summed E-state index contributed by atoms with van der Waals surface area (Å²) in [5.74, 6) is -0.909. The van der Waals surface area contributed by atoms with Crippen LogP contribution >= 0.6 is 7.82 Å². The second-order valence-corrected chi connectivity index (χ2v) is 14.3. The van der Waals surface area contributed by atoms with Crippen molar-refractivity contribution in [2.24, 2.45) is 0 Å². The van der Waals surface area contributed by atoms with Gasteiger partial charge in [0.15, 0.2) is 6.61 Å². The van der Waals surface area contributed by atoms with E-state index in [2.05, 4.69) is 15.2 Å². The van der Waals surface area contributed by atoms with Crippen molar-refractivity contribution in [2.75, 3.05) is 6.79 Å². The zero-order chi connectivity index (χ0) is 39.9. The fourth-order valence-electron chi connectivity index (χ4n) is 5.97. The van der Waals surface area contributed by atoms with E-state index in [0.29, 0.717) is 33.4 Å². The van der Waals surface area contributed by atoms with Crippen LogP contribution in [0.1, 0.15) is 52.7 Å². The van der Waals surface area contributed by atoms with E-state index >= 15 is 0 Å². The van der Waals surface area contributed by atoms with Gasteiger partial charge in [0.1, 0.15) is 16.9 Å². The van der Waals surface area contributed by atoms with Crippen LogP contribution in [0, 0.1) is 0 Å². The van der Waals surface area contributed by atoms with E-state index in [4.69, 9.17) is 28.4 Å². The number of hydrogen-bond donors (Lipinski definition) is 4. The first-order valence-corrected chi connectivity index (χ1v) is 18.8. The lowest BCUT2D eigenvalue weighted by Crippen LogP contribution is -2.58. The maximum atomic E-state index is 14.1. The predicted octanol–water partition coefficient (Wildman–Crippen LogP) is 6.90. The van der Waals surface area contributed by atoms with Crippen LogP contribution in [-0.4, -0.2) is 50.7 Å². The molecule has 0 spiro atoms. The van der Waals surface area contributed by atoms with Crippen LogP contribution in [0.3, 0.4) is 0 Å². The number of ether oxygens (including phenoxy) is 3. The molecule has 2 aromatic heterocycles. The average molecular weight is 784 g/mol. The van der Waals surface area contributed by atoms with E-state index in [1.165, 1.54) is 35.0 Å². The van der Waals surface area contributed by atoms with Gasteiger partial charge in [-0.25, -0.2) is 18.9 Å². The number of rotatable bonds is 14. The number of carbonyl (C=O) groups is 4. The zero-order valence-electron chi connectivity index (χ0n) is 30.2. The molecular weight excluding hydrogens is 745 g/mol. The van der Waals surface area contributed by atoms with E-state index < -0.39 is 50.3 Å². The Bertz CT molecular complexity index is 2370. The van der Waals surface area contributed by atoms with Crippen molar-refractivity contribution in [1.29, 1.82) is 0 Å². The van der Waals surface area contributed by atoms with Crippen molar-refractivity contribution in [3.05, 3.63) is 143 Å². The molecule has 2 heterocycles. The Morgan fingerprint density at radius 3 is 2.29 bits per heavy atom. The van der Waals surface area contributed by atoms with Crippen LogP contribution in [0.2, 0.25) is 0 Å². The van der Waals surface area contributed by atoms with Gasteiger partial charge in [-0.1, -0.05) is 78.9 Å². The first-order chi connectivity index (χ1) is 26.8. The van der Waals surface area contributed by atoms with Gasteiger partial charge in [-0.05, 0) is 60.9 Å². The summed E-state index contributed by atoms with van der Waals surface area (Å²) in [7, 11) is -4.66. The molecule has 0 aliphatic heterocycles. The number of aromatic nitrogens is 1. The normalized spacial score (nSPS) is 13.1. The number of alkyl carbamates (subject to hydrolysis) is 1. The highest BCUT2D eigenvalue weighted by molar-refractivity contribution is 7.46. The zero-order valence-corrected chi connectivity index (χ0v) is 31.1. The second kappa shape index (κ2) is 17.0. The maximum Gasteiger partial charge on any atom is 0.469 e. The number of esters is 1. The number of nitrogens with one attached hydrogen (secondary N) is 2. The van der Waals surface area contributed by atoms with Gasteiger partial charge in [-0.2, -0.15) is 0 Å². The quantitative estimate of drug-likeness (QED) is 0.0506. The highest BCUT2D eigenvalue weighted by atomic mass is 31.2. The fourth-order valence-corrected chi connectivity index (χ4v) is 6.29. The van der Waals surface area contributed by atoms with Gasteiger partial charge < -0.3 is 39.0 Å². The van der Waals surface area contributed by atoms with Crippen LogP contribution in [0.5, 0.6) is 0 Å². The first kappa shape index (κ1) is 39.4. The predicted molar refractivity (Wildman–Crippen MR) is 202 cm³/mol. The summed E-state index contributed by atoms with van der Waals surface area (Å²) in [5, 5.41) is 7.17. The Morgan fingerprint density at radius 2 is 1.55 bits per heavy atom. The topological polar surface area (TPSA) is 205 Å². The Hall–Kier alpha value is -6.25. The number of phosphoric ester groups is 1. The fraction of sp³-hybridized carbons (Fsp3) is 0.200. The lowest BCUT2D eigenvalue weighted by molar-refractivity contribution is -0.127. The number of phosphoric acid groups is 1. The van der Waals surface area contributed by atoms with Crippen molar-refractivity contribution in [1.82, 2.24) is 15.2 Å². The summed E-state index contributed by atoms with van der Waals surface area (Å²) in [6.07, 6.45) is -0.344. The molecule has 2 amide bonds. The van der Waals surface area contributed by atoms with E-state index in [-0.39, 0.29) is 25.2 Å². The number of carbonyl (C=O) groups excluding carboxylic acids is 4. The molecule has 0 radical (unpaired) electrons. The molecule has 0 bridgehead atoms. The Kier molecular flexibility index (Phi) is 12.0. The molecule has 2 atom stereocenters. The van der Waals surface area contributed by atoms with Crippen molar-refractivity contribution in [3.63, 3.8) is 0 Å². The van der Waals surface area contributed by atoms with Crippen LogP contribution in [-0.2, 0) is 47.7 Å². The molecular formula is C40H38N3O12P.